The van der Waals surface area contributed by atoms with E-state index in [-0.39, 0.29) is 30.4 Å². The Kier molecular flexibility index (Phi) is 21.6. The highest BCUT2D eigenvalue weighted by Crippen LogP contribution is 2.36. The van der Waals surface area contributed by atoms with Crippen LogP contribution in [0.4, 0.5) is 0 Å². The van der Waals surface area contributed by atoms with E-state index in [4.69, 9.17) is 35.6 Å². The van der Waals surface area contributed by atoms with Crippen LogP contribution in [0.1, 0.15) is 121 Å². The van der Waals surface area contributed by atoms with E-state index < -0.39 is 13.9 Å². The molecule has 0 aromatic heterocycles. The Morgan fingerprint density at radius 1 is 0.875 bits per heavy atom. The van der Waals surface area contributed by atoms with Crippen LogP contribution in [0.3, 0.4) is 0 Å². The first-order chi connectivity index (χ1) is 19.3. The van der Waals surface area contributed by atoms with Gasteiger partial charge in [0.1, 0.15) is 22.9 Å². The van der Waals surface area contributed by atoms with Gasteiger partial charge in [0.2, 0.25) is 0 Å². The lowest BCUT2D eigenvalue weighted by Crippen LogP contribution is -2.25. The molecule has 0 amide bonds. The molecule has 0 aliphatic heterocycles. The maximum atomic E-state index is 11.2. The summed E-state index contributed by atoms with van der Waals surface area (Å²) in [7, 11) is -3.19. The van der Waals surface area contributed by atoms with Gasteiger partial charge >= 0.3 is 7.82 Å². The molecule has 2 N–H and O–H groups in total. The molecule has 0 saturated heterocycles. The molecule has 230 valence electrons. The SMILES string of the molecule is CCCCCCCCCCCCCCCCCCOCC(COP(=O)(O)O)OCc1cc(C#N)c(Cl)c(OC)c1. The third-order valence-corrected chi connectivity index (χ3v) is 7.67. The summed E-state index contributed by atoms with van der Waals surface area (Å²) >= 11 is 6.12. The lowest BCUT2D eigenvalue weighted by atomic mass is 10.0. The summed E-state index contributed by atoms with van der Waals surface area (Å²) in [6.45, 7) is 2.69. The quantitative estimate of drug-likeness (QED) is 0.0799. The average Bonchev–Trinajstić information content (AvgIpc) is 2.93. The van der Waals surface area contributed by atoms with Crippen molar-refractivity contribution in [2.45, 2.75) is 122 Å². The number of ether oxygens (including phenoxy) is 3. The Labute approximate surface area is 246 Å². The second-order valence-electron chi connectivity index (χ2n) is 10.4. The van der Waals surface area contributed by atoms with E-state index in [0.717, 1.165) is 12.8 Å². The number of methoxy groups -OCH3 is 1. The van der Waals surface area contributed by atoms with Crippen molar-refractivity contribution in [1.82, 2.24) is 0 Å². The molecule has 8 nitrogen and oxygen atoms in total. The minimum absolute atomic E-state index is 0.0692. The summed E-state index contributed by atoms with van der Waals surface area (Å²) in [6, 6.07) is 5.25. The Bertz CT molecular complexity index is 874. The van der Waals surface area contributed by atoms with Gasteiger partial charge in [-0.3, -0.25) is 4.52 Å². The predicted molar refractivity (Wildman–Crippen MR) is 160 cm³/mol. The number of benzene rings is 1. The van der Waals surface area contributed by atoms with Gasteiger partial charge in [0.05, 0.1) is 32.5 Å². The Hall–Kier alpha value is -1.17. The molecule has 40 heavy (non-hydrogen) atoms. The standard InChI is InChI=1S/C30H51ClNO7P/c1-3-4-5-6-7-8-9-10-11-12-13-14-15-16-17-18-19-37-24-28(25-39-40(33,34)35)38-23-26-20-27(22-32)30(31)29(21-26)36-2/h20-21,28H,3-19,23-25H2,1-2H3,(H2,33,34,35). The number of nitrogens with zero attached hydrogens (tertiary/aromatic N) is 1. The topological polar surface area (TPSA) is 118 Å². The second-order valence-corrected chi connectivity index (χ2v) is 12.0. The first-order valence-corrected chi connectivity index (χ1v) is 16.9. The van der Waals surface area contributed by atoms with Crippen LogP contribution in [0.5, 0.6) is 5.75 Å². The van der Waals surface area contributed by atoms with Crippen LogP contribution in [-0.2, 0) is 25.2 Å². The van der Waals surface area contributed by atoms with Crippen molar-refractivity contribution >= 4 is 19.4 Å². The zero-order valence-corrected chi connectivity index (χ0v) is 26.2. The smallest absolute Gasteiger partial charge is 0.469 e. The van der Waals surface area contributed by atoms with E-state index in [0.29, 0.717) is 17.9 Å². The van der Waals surface area contributed by atoms with Crippen molar-refractivity contribution in [3.63, 3.8) is 0 Å². The van der Waals surface area contributed by atoms with Gasteiger partial charge < -0.3 is 24.0 Å². The van der Waals surface area contributed by atoms with Crippen molar-refractivity contribution in [3.8, 4) is 11.8 Å². The molecule has 0 spiro atoms. The molecule has 0 radical (unpaired) electrons. The van der Waals surface area contributed by atoms with E-state index in [1.54, 1.807) is 12.1 Å². The van der Waals surface area contributed by atoms with E-state index in [1.807, 2.05) is 6.07 Å². The molecule has 0 aliphatic rings. The first kappa shape index (κ1) is 36.9. The highest BCUT2D eigenvalue weighted by molar-refractivity contribution is 7.46. The van der Waals surface area contributed by atoms with Crippen LogP contribution >= 0.6 is 19.4 Å². The summed E-state index contributed by atoms with van der Waals surface area (Å²) in [5, 5.41) is 9.50. The summed E-state index contributed by atoms with van der Waals surface area (Å²) in [5.74, 6) is 0.349. The molecule has 0 fully saturated rings. The highest BCUT2D eigenvalue weighted by atomic mass is 35.5. The van der Waals surface area contributed by atoms with Gasteiger partial charge in [0.25, 0.3) is 0 Å². The minimum Gasteiger partial charge on any atom is -0.495 e. The van der Waals surface area contributed by atoms with E-state index in [1.165, 1.54) is 97.0 Å². The van der Waals surface area contributed by atoms with Crippen molar-refractivity contribution in [3.05, 3.63) is 28.3 Å². The molecule has 0 bridgehead atoms. The number of rotatable bonds is 26. The highest BCUT2D eigenvalue weighted by Gasteiger charge is 2.20. The maximum Gasteiger partial charge on any atom is 0.469 e. The molecule has 0 heterocycles. The van der Waals surface area contributed by atoms with E-state index in [9.17, 15) is 9.83 Å². The summed E-state index contributed by atoms with van der Waals surface area (Å²) in [4.78, 5) is 18.1. The largest absolute Gasteiger partial charge is 0.495 e. The molecule has 1 aromatic rings. The lowest BCUT2D eigenvalue weighted by molar-refractivity contribution is -0.0493. The predicted octanol–water partition coefficient (Wildman–Crippen LogP) is 8.49. The molecule has 1 atom stereocenters. The number of hydrogen-bond acceptors (Lipinski definition) is 6. The average molecular weight is 604 g/mol. The summed E-state index contributed by atoms with van der Waals surface area (Å²) in [6.07, 6.45) is 20.1. The Morgan fingerprint density at radius 2 is 1.40 bits per heavy atom. The number of nitriles is 1. The summed E-state index contributed by atoms with van der Waals surface area (Å²) < 4.78 is 32.5. The van der Waals surface area contributed by atoms with Crippen molar-refractivity contribution in [2.75, 3.05) is 26.9 Å². The molecule has 1 rings (SSSR count). The van der Waals surface area contributed by atoms with Gasteiger partial charge in [-0.1, -0.05) is 115 Å². The third-order valence-electron chi connectivity index (χ3n) is 6.80. The Morgan fingerprint density at radius 3 is 1.88 bits per heavy atom. The van der Waals surface area contributed by atoms with Gasteiger partial charge in [0, 0.05) is 6.61 Å². The number of hydrogen-bond donors (Lipinski definition) is 2. The van der Waals surface area contributed by atoms with Crippen LogP contribution in [-0.4, -0.2) is 42.8 Å². The molecule has 10 heteroatoms. The molecular weight excluding hydrogens is 553 g/mol. The minimum atomic E-state index is -4.64. The van der Waals surface area contributed by atoms with Gasteiger partial charge in [-0.25, -0.2) is 4.57 Å². The van der Waals surface area contributed by atoms with Crippen LogP contribution < -0.4 is 4.74 Å². The molecule has 1 unspecified atom stereocenters. The van der Waals surface area contributed by atoms with E-state index >= 15 is 0 Å². The molecule has 0 aliphatic carbocycles. The number of phosphoric acid groups is 1. The Balaban J connectivity index is 2.18. The summed E-state index contributed by atoms with van der Waals surface area (Å²) in [5.41, 5.74) is 0.888. The maximum absolute atomic E-state index is 11.2. The fourth-order valence-corrected chi connectivity index (χ4v) is 5.06. The van der Waals surface area contributed by atoms with E-state index in [2.05, 4.69) is 11.4 Å². The zero-order valence-electron chi connectivity index (χ0n) is 24.6. The molecular formula is C30H51ClNO7P. The number of phosphoric ester groups is 1. The number of unbranched alkanes of at least 4 members (excludes halogenated alkanes) is 15. The first-order valence-electron chi connectivity index (χ1n) is 15.0. The van der Waals surface area contributed by atoms with Crippen LogP contribution in [0.15, 0.2) is 12.1 Å². The van der Waals surface area contributed by atoms with Gasteiger partial charge in [-0.15, -0.1) is 0 Å². The fourth-order valence-electron chi connectivity index (χ4n) is 4.47. The van der Waals surface area contributed by atoms with Crippen LogP contribution in [0.2, 0.25) is 5.02 Å². The van der Waals surface area contributed by atoms with Crippen LogP contribution in [0, 0.1) is 11.3 Å². The van der Waals surface area contributed by atoms with Crippen LogP contribution in [0.25, 0.3) is 0 Å². The van der Waals surface area contributed by atoms with Crippen molar-refractivity contribution in [1.29, 1.82) is 5.26 Å². The number of halogens is 1. The van der Waals surface area contributed by atoms with Crippen molar-refractivity contribution in [2.24, 2.45) is 0 Å². The fraction of sp³-hybridized carbons (Fsp3) is 0.767. The van der Waals surface area contributed by atoms with Gasteiger partial charge in [-0.05, 0) is 24.1 Å². The molecule has 1 aromatic carbocycles. The van der Waals surface area contributed by atoms with Gasteiger partial charge in [-0.2, -0.15) is 5.26 Å². The second kappa shape index (κ2) is 23.4. The van der Waals surface area contributed by atoms with Crippen molar-refractivity contribution < 1.29 is 33.1 Å². The van der Waals surface area contributed by atoms with Gasteiger partial charge in [0.15, 0.2) is 0 Å². The monoisotopic (exact) mass is 603 g/mol. The zero-order chi connectivity index (χ0) is 29.5. The normalized spacial score (nSPS) is 12.4. The molecule has 0 saturated carbocycles. The third kappa shape index (κ3) is 19.0. The lowest BCUT2D eigenvalue weighted by Gasteiger charge is -2.19.